The zero-order chi connectivity index (χ0) is 16.6. The predicted octanol–water partition coefficient (Wildman–Crippen LogP) is 2.03. The molecule has 1 fully saturated rings. The van der Waals surface area contributed by atoms with Crippen LogP contribution in [-0.4, -0.2) is 46.7 Å². The molecule has 3 heterocycles. The van der Waals surface area contributed by atoms with Crippen LogP contribution in [0.2, 0.25) is 0 Å². The second-order valence-corrected chi connectivity index (χ2v) is 5.49. The summed E-state index contributed by atoms with van der Waals surface area (Å²) in [6.45, 7) is 3.93. The van der Waals surface area contributed by atoms with Crippen molar-refractivity contribution in [2.24, 2.45) is 0 Å². The molecule has 0 aliphatic carbocycles. The molecule has 0 spiro atoms. The number of aromatic nitrogens is 3. The number of piperazine rings is 1. The van der Waals surface area contributed by atoms with E-state index < -0.39 is 11.9 Å². The number of hydrogen-bond donors (Lipinski definition) is 1. The second-order valence-electron chi connectivity index (χ2n) is 5.49. The summed E-state index contributed by atoms with van der Waals surface area (Å²) in [5.74, 6) is 0.687. The Morgan fingerprint density at radius 2 is 2.09 bits per heavy atom. The summed E-state index contributed by atoms with van der Waals surface area (Å²) in [6, 6.07) is 2.20. The number of pyridine rings is 1. The van der Waals surface area contributed by atoms with E-state index in [0.29, 0.717) is 17.9 Å². The van der Waals surface area contributed by atoms with Gasteiger partial charge in [-0.3, -0.25) is 4.90 Å². The van der Waals surface area contributed by atoms with Crippen LogP contribution in [0.3, 0.4) is 0 Å². The van der Waals surface area contributed by atoms with Crippen LogP contribution in [0.5, 0.6) is 0 Å². The lowest BCUT2D eigenvalue weighted by Gasteiger charge is -2.30. The standard InChI is InChI=1S/C14H16F3N5O/c1-8-9(3-4-11(19-8)14(15,16)17)13-20-12(21-23-13)10-7-18-5-6-22(10)2/h3-4,10,18H,5-7H2,1-2H3. The highest BCUT2D eigenvalue weighted by Crippen LogP contribution is 2.30. The fraction of sp³-hybridized carbons (Fsp3) is 0.500. The fourth-order valence-corrected chi connectivity index (χ4v) is 2.52. The third kappa shape index (κ3) is 3.20. The summed E-state index contributed by atoms with van der Waals surface area (Å²) < 4.78 is 43.2. The molecule has 0 aromatic carbocycles. The Bertz CT molecular complexity index is 700. The molecule has 2 aromatic heterocycles. The van der Waals surface area contributed by atoms with Crippen LogP contribution in [0.4, 0.5) is 13.2 Å². The minimum Gasteiger partial charge on any atom is -0.334 e. The number of nitrogens with one attached hydrogen (secondary N) is 1. The number of rotatable bonds is 2. The maximum absolute atomic E-state index is 12.7. The Balaban J connectivity index is 1.88. The van der Waals surface area contributed by atoms with E-state index in [2.05, 4.69) is 25.3 Å². The molecular weight excluding hydrogens is 311 g/mol. The first kappa shape index (κ1) is 15.9. The first-order chi connectivity index (χ1) is 10.9. The van der Waals surface area contributed by atoms with Gasteiger partial charge in [0, 0.05) is 19.6 Å². The molecule has 0 radical (unpaired) electrons. The van der Waals surface area contributed by atoms with Crippen LogP contribution < -0.4 is 5.32 Å². The van der Waals surface area contributed by atoms with Crippen molar-refractivity contribution < 1.29 is 17.7 Å². The highest BCUT2D eigenvalue weighted by atomic mass is 19.4. The largest absolute Gasteiger partial charge is 0.433 e. The molecule has 1 atom stereocenters. The lowest BCUT2D eigenvalue weighted by atomic mass is 10.1. The normalized spacial score (nSPS) is 20.0. The first-order valence-corrected chi connectivity index (χ1v) is 7.16. The summed E-state index contributed by atoms with van der Waals surface area (Å²) in [5, 5.41) is 7.21. The molecule has 0 saturated carbocycles. The van der Waals surface area contributed by atoms with Gasteiger partial charge >= 0.3 is 6.18 Å². The van der Waals surface area contributed by atoms with Crippen LogP contribution in [0.1, 0.15) is 23.3 Å². The summed E-state index contributed by atoms with van der Waals surface area (Å²) in [7, 11) is 1.96. The van der Waals surface area contributed by atoms with Gasteiger partial charge in [0.1, 0.15) is 5.69 Å². The molecule has 2 aromatic rings. The second kappa shape index (κ2) is 5.89. The Hall–Kier alpha value is -2.00. The lowest BCUT2D eigenvalue weighted by molar-refractivity contribution is -0.141. The summed E-state index contributed by atoms with van der Waals surface area (Å²) in [6.07, 6.45) is -4.47. The van der Waals surface area contributed by atoms with Crippen molar-refractivity contribution in [1.82, 2.24) is 25.3 Å². The van der Waals surface area contributed by atoms with Crippen molar-refractivity contribution in [1.29, 1.82) is 0 Å². The molecule has 3 rings (SSSR count). The zero-order valence-corrected chi connectivity index (χ0v) is 12.7. The van der Waals surface area contributed by atoms with Gasteiger partial charge in [0.15, 0.2) is 5.82 Å². The molecule has 124 valence electrons. The van der Waals surface area contributed by atoms with Crippen LogP contribution in [-0.2, 0) is 6.18 Å². The van der Waals surface area contributed by atoms with E-state index in [9.17, 15) is 13.2 Å². The van der Waals surface area contributed by atoms with Gasteiger partial charge in [-0.25, -0.2) is 4.98 Å². The number of halogens is 3. The van der Waals surface area contributed by atoms with Crippen molar-refractivity contribution in [2.75, 3.05) is 26.7 Å². The highest BCUT2D eigenvalue weighted by Gasteiger charge is 2.33. The maximum Gasteiger partial charge on any atom is 0.433 e. The number of aryl methyl sites for hydroxylation is 1. The van der Waals surface area contributed by atoms with E-state index in [1.807, 2.05) is 7.05 Å². The van der Waals surface area contributed by atoms with Gasteiger partial charge in [-0.15, -0.1) is 0 Å². The first-order valence-electron chi connectivity index (χ1n) is 7.16. The highest BCUT2D eigenvalue weighted by molar-refractivity contribution is 5.56. The van der Waals surface area contributed by atoms with E-state index in [1.165, 1.54) is 13.0 Å². The number of alkyl halides is 3. The van der Waals surface area contributed by atoms with Gasteiger partial charge in [-0.2, -0.15) is 18.2 Å². The topological polar surface area (TPSA) is 67.1 Å². The van der Waals surface area contributed by atoms with Crippen molar-refractivity contribution in [2.45, 2.75) is 19.1 Å². The minimum absolute atomic E-state index is 0.0241. The molecule has 9 heteroatoms. The molecule has 1 saturated heterocycles. The van der Waals surface area contributed by atoms with Crippen LogP contribution >= 0.6 is 0 Å². The average molecular weight is 327 g/mol. The molecule has 1 unspecified atom stereocenters. The molecule has 0 bridgehead atoms. The average Bonchev–Trinajstić information content (AvgIpc) is 2.96. The maximum atomic E-state index is 12.7. The predicted molar refractivity (Wildman–Crippen MR) is 75.5 cm³/mol. The van der Waals surface area contributed by atoms with E-state index in [1.54, 1.807) is 0 Å². The lowest BCUT2D eigenvalue weighted by Crippen LogP contribution is -2.44. The monoisotopic (exact) mass is 327 g/mol. The molecule has 23 heavy (non-hydrogen) atoms. The fourth-order valence-electron chi connectivity index (χ4n) is 2.52. The number of hydrogen-bond acceptors (Lipinski definition) is 6. The van der Waals surface area contributed by atoms with Gasteiger partial charge in [0.05, 0.1) is 17.3 Å². The molecule has 1 aliphatic heterocycles. The SMILES string of the molecule is Cc1nc(C(F)(F)F)ccc1-c1nc(C2CNCCN2C)no1. The summed E-state index contributed by atoms with van der Waals surface area (Å²) in [4.78, 5) is 10.0. The Morgan fingerprint density at radius 3 is 2.74 bits per heavy atom. The Morgan fingerprint density at radius 1 is 1.30 bits per heavy atom. The van der Waals surface area contributed by atoms with E-state index in [0.717, 1.165) is 19.2 Å². The Labute approximate surface area is 130 Å². The van der Waals surface area contributed by atoms with E-state index in [-0.39, 0.29) is 17.6 Å². The van der Waals surface area contributed by atoms with Crippen molar-refractivity contribution in [3.8, 4) is 11.5 Å². The minimum atomic E-state index is -4.47. The van der Waals surface area contributed by atoms with Gasteiger partial charge in [0.25, 0.3) is 5.89 Å². The number of nitrogens with zero attached hydrogens (tertiary/aromatic N) is 4. The van der Waals surface area contributed by atoms with Crippen molar-refractivity contribution in [3.63, 3.8) is 0 Å². The van der Waals surface area contributed by atoms with Gasteiger partial charge in [-0.05, 0) is 26.1 Å². The third-order valence-electron chi connectivity index (χ3n) is 3.86. The van der Waals surface area contributed by atoms with Crippen LogP contribution in [0, 0.1) is 6.92 Å². The quantitative estimate of drug-likeness (QED) is 0.910. The Kier molecular flexibility index (Phi) is 4.07. The van der Waals surface area contributed by atoms with E-state index in [4.69, 9.17) is 4.52 Å². The van der Waals surface area contributed by atoms with Gasteiger partial charge in [0.2, 0.25) is 0 Å². The molecular formula is C14H16F3N5O. The molecule has 0 amide bonds. The van der Waals surface area contributed by atoms with Gasteiger partial charge < -0.3 is 9.84 Å². The smallest absolute Gasteiger partial charge is 0.334 e. The third-order valence-corrected chi connectivity index (χ3v) is 3.86. The molecule has 1 N–H and O–H groups in total. The molecule has 6 nitrogen and oxygen atoms in total. The van der Waals surface area contributed by atoms with Crippen molar-refractivity contribution in [3.05, 3.63) is 29.3 Å². The van der Waals surface area contributed by atoms with Crippen LogP contribution in [0.25, 0.3) is 11.5 Å². The van der Waals surface area contributed by atoms with E-state index >= 15 is 0 Å². The van der Waals surface area contributed by atoms with Gasteiger partial charge in [-0.1, -0.05) is 5.16 Å². The summed E-state index contributed by atoms with van der Waals surface area (Å²) >= 11 is 0. The number of likely N-dealkylation sites (N-methyl/N-ethyl adjacent to an activating group) is 1. The summed E-state index contributed by atoms with van der Waals surface area (Å²) in [5.41, 5.74) is -0.331. The van der Waals surface area contributed by atoms with Crippen LogP contribution in [0.15, 0.2) is 16.7 Å². The molecule has 1 aliphatic rings. The zero-order valence-electron chi connectivity index (χ0n) is 12.7. The van der Waals surface area contributed by atoms with Crippen molar-refractivity contribution >= 4 is 0 Å².